The van der Waals surface area contributed by atoms with E-state index in [4.69, 9.17) is 5.73 Å². The molecular weight excluding hydrogens is 190 g/mol. The molecule has 1 amide bonds. The summed E-state index contributed by atoms with van der Waals surface area (Å²) in [4.78, 5) is 18.0. The van der Waals surface area contributed by atoms with Gasteiger partial charge in [-0.1, -0.05) is 0 Å². The van der Waals surface area contributed by atoms with Crippen LogP contribution >= 0.6 is 0 Å². The van der Waals surface area contributed by atoms with E-state index in [1.54, 1.807) is 4.90 Å². The smallest absolute Gasteiger partial charge is 0.255 e. The number of rotatable bonds is 1. The number of nitrogens with zero attached hydrogens (tertiary/aromatic N) is 2. The minimum Gasteiger partial charge on any atom is -0.335 e. The zero-order valence-electron chi connectivity index (χ0n) is 9.03. The maximum absolute atomic E-state index is 11.9. The highest BCUT2D eigenvalue weighted by Gasteiger charge is 2.29. The SMILES string of the molecule is Cc1ccc(C(=O)N2CC(N)C2)c(C)n1. The second-order valence-electron chi connectivity index (χ2n) is 4.06. The summed E-state index contributed by atoms with van der Waals surface area (Å²) >= 11 is 0. The molecule has 0 unspecified atom stereocenters. The molecule has 2 rings (SSSR count). The number of hydrogen-bond acceptors (Lipinski definition) is 3. The maximum atomic E-state index is 11.9. The van der Waals surface area contributed by atoms with Crippen LogP contribution < -0.4 is 5.73 Å². The fourth-order valence-corrected chi connectivity index (χ4v) is 1.76. The lowest BCUT2D eigenvalue weighted by molar-refractivity contribution is 0.0607. The van der Waals surface area contributed by atoms with Gasteiger partial charge in [-0.3, -0.25) is 9.78 Å². The van der Waals surface area contributed by atoms with Gasteiger partial charge in [0.1, 0.15) is 0 Å². The summed E-state index contributed by atoms with van der Waals surface area (Å²) in [5.74, 6) is 0.0432. The van der Waals surface area contributed by atoms with Crippen LogP contribution in [0, 0.1) is 13.8 Å². The van der Waals surface area contributed by atoms with E-state index in [0.717, 1.165) is 11.4 Å². The zero-order chi connectivity index (χ0) is 11.0. The van der Waals surface area contributed by atoms with E-state index in [0.29, 0.717) is 18.7 Å². The summed E-state index contributed by atoms with van der Waals surface area (Å²) in [6, 6.07) is 3.84. The Morgan fingerprint density at radius 3 is 2.67 bits per heavy atom. The number of amides is 1. The number of carbonyl (C=O) groups is 1. The monoisotopic (exact) mass is 205 g/mol. The summed E-state index contributed by atoms with van der Waals surface area (Å²) in [7, 11) is 0. The van der Waals surface area contributed by atoms with Crippen LogP contribution in [0.5, 0.6) is 0 Å². The minimum atomic E-state index is 0.0432. The van der Waals surface area contributed by atoms with Crippen molar-refractivity contribution in [2.75, 3.05) is 13.1 Å². The number of nitrogens with two attached hydrogens (primary N) is 1. The molecule has 1 aliphatic rings. The highest BCUT2D eigenvalue weighted by atomic mass is 16.2. The third kappa shape index (κ3) is 1.85. The highest BCUT2D eigenvalue weighted by Crippen LogP contribution is 2.14. The molecule has 0 aliphatic carbocycles. The van der Waals surface area contributed by atoms with Gasteiger partial charge in [0, 0.05) is 24.8 Å². The summed E-state index contributed by atoms with van der Waals surface area (Å²) < 4.78 is 0. The van der Waals surface area contributed by atoms with Gasteiger partial charge in [-0.15, -0.1) is 0 Å². The van der Waals surface area contributed by atoms with Crippen LogP contribution in [-0.2, 0) is 0 Å². The average molecular weight is 205 g/mol. The van der Waals surface area contributed by atoms with Crippen LogP contribution in [0.2, 0.25) is 0 Å². The van der Waals surface area contributed by atoms with Crippen LogP contribution in [0.25, 0.3) is 0 Å². The van der Waals surface area contributed by atoms with E-state index in [2.05, 4.69) is 4.98 Å². The quantitative estimate of drug-likeness (QED) is 0.725. The molecule has 1 aromatic heterocycles. The first-order valence-corrected chi connectivity index (χ1v) is 5.07. The zero-order valence-corrected chi connectivity index (χ0v) is 9.03. The lowest BCUT2D eigenvalue weighted by atomic mass is 10.1. The maximum Gasteiger partial charge on any atom is 0.255 e. The first-order valence-electron chi connectivity index (χ1n) is 5.07. The average Bonchev–Trinajstić information content (AvgIpc) is 2.12. The molecule has 15 heavy (non-hydrogen) atoms. The van der Waals surface area contributed by atoms with Gasteiger partial charge in [-0.05, 0) is 26.0 Å². The summed E-state index contributed by atoms with van der Waals surface area (Å²) in [5.41, 5.74) is 8.05. The largest absolute Gasteiger partial charge is 0.335 e. The van der Waals surface area contributed by atoms with Gasteiger partial charge in [-0.2, -0.15) is 0 Å². The Hall–Kier alpha value is -1.42. The van der Waals surface area contributed by atoms with Gasteiger partial charge in [-0.25, -0.2) is 0 Å². The number of aryl methyl sites for hydroxylation is 2. The Labute approximate surface area is 89.1 Å². The molecule has 1 aliphatic heterocycles. The fourth-order valence-electron chi connectivity index (χ4n) is 1.76. The van der Waals surface area contributed by atoms with Gasteiger partial charge in [0.05, 0.1) is 11.3 Å². The molecule has 1 aromatic rings. The van der Waals surface area contributed by atoms with Crippen LogP contribution in [-0.4, -0.2) is 34.9 Å². The van der Waals surface area contributed by atoms with Gasteiger partial charge >= 0.3 is 0 Å². The van der Waals surface area contributed by atoms with Gasteiger partial charge in [0.15, 0.2) is 0 Å². The third-order valence-corrected chi connectivity index (χ3v) is 2.65. The van der Waals surface area contributed by atoms with Crippen LogP contribution in [0.1, 0.15) is 21.7 Å². The van der Waals surface area contributed by atoms with Crippen molar-refractivity contribution in [1.29, 1.82) is 0 Å². The molecule has 1 fully saturated rings. The van der Waals surface area contributed by atoms with E-state index >= 15 is 0 Å². The third-order valence-electron chi connectivity index (χ3n) is 2.65. The number of hydrogen-bond donors (Lipinski definition) is 1. The summed E-state index contributed by atoms with van der Waals surface area (Å²) in [6.45, 7) is 5.10. The van der Waals surface area contributed by atoms with E-state index in [-0.39, 0.29) is 11.9 Å². The number of likely N-dealkylation sites (tertiary alicyclic amines) is 1. The molecule has 0 atom stereocenters. The van der Waals surface area contributed by atoms with Crippen molar-refractivity contribution < 1.29 is 4.79 Å². The highest BCUT2D eigenvalue weighted by molar-refractivity contribution is 5.95. The molecule has 4 heteroatoms. The Balaban J connectivity index is 2.19. The molecule has 0 radical (unpaired) electrons. The second-order valence-corrected chi connectivity index (χ2v) is 4.06. The molecule has 80 valence electrons. The molecule has 4 nitrogen and oxygen atoms in total. The van der Waals surface area contributed by atoms with Crippen molar-refractivity contribution >= 4 is 5.91 Å². The summed E-state index contributed by atoms with van der Waals surface area (Å²) in [5, 5.41) is 0. The molecule has 0 bridgehead atoms. The Morgan fingerprint density at radius 2 is 2.13 bits per heavy atom. The summed E-state index contributed by atoms with van der Waals surface area (Å²) in [6.07, 6.45) is 0. The number of pyridine rings is 1. The molecule has 0 aromatic carbocycles. The number of aromatic nitrogens is 1. The molecule has 0 spiro atoms. The van der Waals surface area contributed by atoms with Gasteiger partial charge in [0.25, 0.3) is 5.91 Å². The Morgan fingerprint density at radius 1 is 1.47 bits per heavy atom. The standard InChI is InChI=1S/C11H15N3O/c1-7-3-4-10(8(2)13-7)11(15)14-5-9(12)6-14/h3-4,9H,5-6,12H2,1-2H3. The van der Waals surface area contributed by atoms with Gasteiger partial charge < -0.3 is 10.6 Å². The molecular formula is C11H15N3O. The first-order chi connectivity index (χ1) is 7.08. The van der Waals surface area contributed by atoms with Crippen molar-refractivity contribution in [3.8, 4) is 0 Å². The van der Waals surface area contributed by atoms with Crippen molar-refractivity contribution in [2.45, 2.75) is 19.9 Å². The van der Waals surface area contributed by atoms with E-state index in [1.165, 1.54) is 0 Å². The van der Waals surface area contributed by atoms with E-state index in [9.17, 15) is 4.79 Å². The van der Waals surface area contributed by atoms with Crippen molar-refractivity contribution in [2.24, 2.45) is 5.73 Å². The predicted molar refractivity (Wildman–Crippen MR) is 57.6 cm³/mol. The van der Waals surface area contributed by atoms with E-state index in [1.807, 2.05) is 26.0 Å². The van der Waals surface area contributed by atoms with Crippen molar-refractivity contribution in [1.82, 2.24) is 9.88 Å². The Kier molecular flexibility index (Phi) is 2.44. The minimum absolute atomic E-state index is 0.0432. The fraction of sp³-hybridized carbons (Fsp3) is 0.455. The van der Waals surface area contributed by atoms with Crippen LogP contribution in [0.3, 0.4) is 0 Å². The molecule has 2 N–H and O–H groups in total. The van der Waals surface area contributed by atoms with Crippen LogP contribution in [0.4, 0.5) is 0 Å². The van der Waals surface area contributed by atoms with Gasteiger partial charge in [0.2, 0.25) is 0 Å². The first kappa shape index (κ1) is 10.1. The van der Waals surface area contributed by atoms with Crippen LogP contribution in [0.15, 0.2) is 12.1 Å². The molecule has 1 saturated heterocycles. The van der Waals surface area contributed by atoms with Crippen molar-refractivity contribution in [3.63, 3.8) is 0 Å². The lowest BCUT2D eigenvalue weighted by Gasteiger charge is -2.37. The Bertz CT molecular complexity index is 397. The topological polar surface area (TPSA) is 59.2 Å². The number of carbonyl (C=O) groups excluding carboxylic acids is 1. The molecule has 0 saturated carbocycles. The van der Waals surface area contributed by atoms with Crippen molar-refractivity contribution in [3.05, 3.63) is 29.1 Å². The second kappa shape index (κ2) is 3.62. The molecule has 2 heterocycles. The van der Waals surface area contributed by atoms with E-state index < -0.39 is 0 Å². The predicted octanol–water partition coefficient (Wildman–Crippen LogP) is 0.482. The normalized spacial score (nSPS) is 16.3. The lowest BCUT2D eigenvalue weighted by Crippen LogP contribution is -2.57.